The Kier molecular flexibility index (Phi) is 4.95. The maximum Gasteiger partial charge on any atom is 0.389 e. The Morgan fingerprint density at radius 3 is 2.50 bits per heavy atom. The second-order valence-corrected chi connectivity index (χ2v) is 3.93. The zero-order valence-corrected chi connectivity index (χ0v) is 9.80. The highest BCUT2D eigenvalue weighted by atomic mass is 19.4. The van der Waals surface area contributed by atoms with Gasteiger partial charge in [-0.15, -0.1) is 0 Å². The summed E-state index contributed by atoms with van der Waals surface area (Å²) in [4.78, 5) is 0. The van der Waals surface area contributed by atoms with E-state index >= 15 is 0 Å². The van der Waals surface area contributed by atoms with E-state index in [0.29, 0.717) is 5.56 Å². The van der Waals surface area contributed by atoms with Crippen LogP contribution in [0.5, 0.6) is 5.75 Å². The molecule has 1 rings (SSSR count). The van der Waals surface area contributed by atoms with Crippen molar-refractivity contribution < 1.29 is 27.4 Å². The van der Waals surface area contributed by atoms with Crippen molar-refractivity contribution in [2.45, 2.75) is 32.0 Å². The van der Waals surface area contributed by atoms with E-state index in [1.165, 1.54) is 19.1 Å². The smallest absolute Gasteiger partial charge is 0.389 e. The van der Waals surface area contributed by atoms with Crippen LogP contribution in [0.15, 0.2) is 18.2 Å². The third kappa shape index (κ3) is 4.91. The van der Waals surface area contributed by atoms with Crippen LogP contribution >= 0.6 is 0 Å². The van der Waals surface area contributed by atoms with Crippen molar-refractivity contribution in [3.05, 3.63) is 29.6 Å². The van der Waals surface area contributed by atoms with Crippen LogP contribution in [0.1, 0.15) is 31.4 Å². The van der Waals surface area contributed by atoms with Gasteiger partial charge in [0.2, 0.25) is 0 Å². The lowest BCUT2D eigenvalue weighted by molar-refractivity contribution is -0.136. The third-order valence-corrected chi connectivity index (χ3v) is 2.30. The number of aliphatic hydroxyl groups excluding tert-OH is 1. The molecule has 6 heteroatoms. The Morgan fingerprint density at radius 1 is 1.33 bits per heavy atom. The Bertz CT molecular complexity index is 388. The number of rotatable bonds is 5. The summed E-state index contributed by atoms with van der Waals surface area (Å²) in [6.45, 7) is 1.28. The second-order valence-electron chi connectivity index (χ2n) is 3.93. The van der Waals surface area contributed by atoms with Crippen LogP contribution in [0.4, 0.5) is 17.6 Å². The van der Waals surface area contributed by atoms with Crippen molar-refractivity contribution in [1.29, 1.82) is 0 Å². The first kappa shape index (κ1) is 14.8. The van der Waals surface area contributed by atoms with Gasteiger partial charge < -0.3 is 9.84 Å². The monoisotopic (exact) mass is 266 g/mol. The summed E-state index contributed by atoms with van der Waals surface area (Å²) in [6, 6.07) is 3.86. The van der Waals surface area contributed by atoms with E-state index in [9.17, 15) is 22.7 Å². The Balaban J connectivity index is 2.48. The topological polar surface area (TPSA) is 29.5 Å². The van der Waals surface area contributed by atoms with Crippen molar-refractivity contribution in [3.8, 4) is 5.75 Å². The summed E-state index contributed by atoms with van der Waals surface area (Å²) >= 11 is 0. The summed E-state index contributed by atoms with van der Waals surface area (Å²) in [7, 11) is 0. The number of halogens is 4. The molecule has 0 aliphatic heterocycles. The first-order valence-electron chi connectivity index (χ1n) is 5.46. The van der Waals surface area contributed by atoms with E-state index in [4.69, 9.17) is 4.74 Å². The first-order valence-corrected chi connectivity index (χ1v) is 5.46. The molecular weight excluding hydrogens is 252 g/mol. The van der Waals surface area contributed by atoms with E-state index in [1.54, 1.807) is 0 Å². The minimum Gasteiger partial charge on any atom is -0.491 e. The van der Waals surface area contributed by atoms with Gasteiger partial charge in [0.05, 0.1) is 12.7 Å². The highest BCUT2D eigenvalue weighted by Gasteiger charge is 2.26. The van der Waals surface area contributed by atoms with Gasteiger partial charge in [0.1, 0.15) is 0 Å². The lowest BCUT2D eigenvalue weighted by Gasteiger charge is -2.10. The predicted molar refractivity (Wildman–Crippen MR) is 57.8 cm³/mol. The molecule has 0 amide bonds. The highest BCUT2D eigenvalue weighted by molar-refractivity contribution is 5.30. The molecule has 2 nitrogen and oxygen atoms in total. The van der Waals surface area contributed by atoms with Crippen LogP contribution in [0.25, 0.3) is 0 Å². The molecule has 0 fully saturated rings. The second kappa shape index (κ2) is 6.04. The summed E-state index contributed by atoms with van der Waals surface area (Å²) in [5.41, 5.74) is 0.384. The SMILES string of the molecule is C[C@H](O)c1ccc(OCCCC(F)(F)F)c(F)c1. The van der Waals surface area contributed by atoms with E-state index < -0.39 is 24.5 Å². The van der Waals surface area contributed by atoms with Gasteiger partial charge in [0, 0.05) is 6.42 Å². The van der Waals surface area contributed by atoms with Crippen LogP contribution in [0, 0.1) is 5.82 Å². The minimum atomic E-state index is -4.22. The number of hydrogen-bond acceptors (Lipinski definition) is 2. The summed E-state index contributed by atoms with van der Waals surface area (Å²) in [5, 5.41) is 9.21. The lowest BCUT2D eigenvalue weighted by atomic mass is 10.1. The fourth-order valence-electron chi connectivity index (χ4n) is 1.35. The number of aliphatic hydroxyl groups is 1. The van der Waals surface area contributed by atoms with Gasteiger partial charge >= 0.3 is 6.18 Å². The first-order chi connectivity index (χ1) is 8.29. The molecule has 1 aromatic carbocycles. The van der Waals surface area contributed by atoms with E-state index in [1.807, 2.05) is 0 Å². The molecule has 0 saturated carbocycles. The van der Waals surface area contributed by atoms with Gasteiger partial charge in [-0.1, -0.05) is 6.07 Å². The average Bonchev–Trinajstić information content (AvgIpc) is 2.24. The van der Waals surface area contributed by atoms with Gasteiger partial charge in [0.15, 0.2) is 11.6 Å². The molecule has 0 aliphatic rings. The number of benzene rings is 1. The van der Waals surface area contributed by atoms with Gasteiger partial charge in [-0.3, -0.25) is 0 Å². The molecule has 102 valence electrons. The maximum atomic E-state index is 13.4. The molecule has 18 heavy (non-hydrogen) atoms. The standard InChI is InChI=1S/C12H14F4O2/c1-8(17)9-3-4-11(10(13)7-9)18-6-2-5-12(14,15)16/h3-4,7-8,17H,2,5-6H2,1H3/t8-/m0/s1. The highest BCUT2D eigenvalue weighted by Crippen LogP contribution is 2.24. The quantitative estimate of drug-likeness (QED) is 0.651. The molecule has 1 aromatic rings. The zero-order valence-electron chi connectivity index (χ0n) is 9.80. The molecule has 0 heterocycles. The Hall–Kier alpha value is -1.30. The van der Waals surface area contributed by atoms with Crippen molar-refractivity contribution in [2.24, 2.45) is 0 Å². The van der Waals surface area contributed by atoms with Gasteiger partial charge in [0.25, 0.3) is 0 Å². The summed E-state index contributed by atoms with van der Waals surface area (Å²) in [6.07, 6.45) is -6.21. The van der Waals surface area contributed by atoms with Crippen LogP contribution < -0.4 is 4.74 Å². The molecule has 0 spiro atoms. The van der Waals surface area contributed by atoms with Crippen LogP contribution in [0.3, 0.4) is 0 Å². The van der Waals surface area contributed by atoms with E-state index in [2.05, 4.69) is 0 Å². The largest absolute Gasteiger partial charge is 0.491 e. The third-order valence-electron chi connectivity index (χ3n) is 2.30. The van der Waals surface area contributed by atoms with Crippen molar-refractivity contribution in [1.82, 2.24) is 0 Å². The van der Waals surface area contributed by atoms with Crippen molar-refractivity contribution >= 4 is 0 Å². The molecule has 0 aliphatic carbocycles. The summed E-state index contributed by atoms with van der Waals surface area (Å²) < 4.78 is 53.9. The van der Waals surface area contributed by atoms with Crippen LogP contribution in [-0.2, 0) is 0 Å². The molecule has 0 radical (unpaired) electrons. The van der Waals surface area contributed by atoms with Gasteiger partial charge in [-0.2, -0.15) is 13.2 Å². The van der Waals surface area contributed by atoms with Gasteiger partial charge in [-0.05, 0) is 31.0 Å². The Labute approximate surface area is 102 Å². The molecule has 1 atom stereocenters. The van der Waals surface area contributed by atoms with E-state index in [-0.39, 0.29) is 18.8 Å². The summed E-state index contributed by atoms with van der Waals surface area (Å²) in [5.74, 6) is -0.804. The average molecular weight is 266 g/mol. The predicted octanol–water partition coefficient (Wildman–Crippen LogP) is 3.60. The van der Waals surface area contributed by atoms with Crippen molar-refractivity contribution in [2.75, 3.05) is 6.61 Å². The normalized spacial score (nSPS) is 13.4. The molecule has 1 N–H and O–H groups in total. The molecular formula is C12H14F4O2. The lowest BCUT2D eigenvalue weighted by Crippen LogP contribution is -2.10. The van der Waals surface area contributed by atoms with E-state index in [0.717, 1.165) is 6.07 Å². The number of ether oxygens (including phenoxy) is 1. The van der Waals surface area contributed by atoms with Crippen LogP contribution in [0.2, 0.25) is 0 Å². The molecule has 0 saturated heterocycles. The number of hydrogen-bond donors (Lipinski definition) is 1. The molecule has 0 aromatic heterocycles. The van der Waals surface area contributed by atoms with Crippen molar-refractivity contribution in [3.63, 3.8) is 0 Å². The fourth-order valence-corrected chi connectivity index (χ4v) is 1.35. The van der Waals surface area contributed by atoms with Gasteiger partial charge in [-0.25, -0.2) is 4.39 Å². The molecule has 0 unspecified atom stereocenters. The number of alkyl halides is 3. The Morgan fingerprint density at radius 2 is 2.00 bits per heavy atom. The zero-order chi connectivity index (χ0) is 13.8. The minimum absolute atomic E-state index is 0.110. The maximum absolute atomic E-state index is 13.4. The fraction of sp³-hybridized carbons (Fsp3) is 0.500. The molecule has 0 bridgehead atoms. The van der Waals surface area contributed by atoms with Crippen LogP contribution in [-0.4, -0.2) is 17.9 Å².